The summed E-state index contributed by atoms with van der Waals surface area (Å²) in [6.07, 6.45) is 2.29. The van der Waals surface area contributed by atoms with Gasteiger partial charge in [-0.2, -0.15) is 0 Å². The maximum Gasteiger partial charge on any atom is 0.324 e. The van der Waals surface area contributed by atoms with Gasteiger partial charge in [0, 0.05) is 38.9 Å². The standard InChI is InChI=1S/C15H30N2O4/c1-4-20-10-8-17(9-11-21-5-2)12-14(15(18)19-3)16-13-6-7-13/h13-14,16H,4-12H2,1-3H3. The van der Waals surface area contributed by atoms with E-state index in [0.717, 1.165) is 25.9 Å². The summed E-state index contributed by atoms with van der Waals surface area (Å²) in [7, 11) is 1.44. The number of ether oxygens (including phenoxy) is 3. The minimum atomic E-state index is -0.272. The van der Waals surface area contributed by atoms with Crippen LogP contribution >= 0.6 is 0 Å². The number of nitrogens with one attached hydrogen (secondary N) is 1. The number of hydrogen-bond donors (Lipinski definition) is 1. The van der Waals surface area contributed by atoms with E-state index in [4.69, 9.17) is 14.2 Å². The molecule has 0 bridgehead atoms. The molecule has 1 aliphatic rings. The van der Waals surface area contributed by atoms with Crippen molar-refractivity contribution in [1.29, 1.82) is 0 Å². The predicted octanol–water partition coefficient (Wildman–Crippen LogP) is 0.655. The van der Waals surface area contributed by atoms with Crippen molar-refractivity contribution in [3.05, 3.63) is 0 Å². The van der Waals surface area contributed by atoms with Crippen LogP contribution in [-0.4, -0.2) is 76.1 Å². The molecule has 6 nitrogen and oxygen atoms in total. The van der Waals surface area contributed by atoms with Crippen molar-refractivity contribution < 1.29 is 19.0 Å². The van der Waals surface area contributed by atoms with Gasteiger partial charge in [0.1, 0.15) is 6.04 Å². The lowest BCUT2D eigenvalue weighted by molar-refractivity contribution is -0.143. The molecule has 0 amide bonds. The van der Waals surface area contributed by atoms with Crippen LogP contribution < -0.4 is 5.32 Å². The molecule has 1 aliphatic carbocycles. The van der Waals surface area contributed by atoms with Gasteiger partial charge in [0.2, 0.25) is 0 Å². The maximum atomic E-state index is 11.9. The van der Waals surface area contributed by atoms with E-state index in [0.29, 0.717) is 39.0 Å². The zero-order chi connectivity index (χ0) is 15.5. The first-order valence-electron chi connectivity index (χ1n) is 7.92. The molecule has 1 unspecified atom stereocenters. The Morgan fingerprint density at radius 3 is 2.19 bits per heavy atom. The third-order valence-corrected chi connectivity index (χ3v) is 3.45. The molecule has 0 aliphatic heterocycles. The van der Waals surface area contributed by atoms with Gasteiger partial charge in [-0.1, -0.05) is 0 Å². The van der Waals surface area contributed by atoms with Crippen LogP contribution in [0.1, 0.15) is 26.7 Å². The number of esters is 1. The van der Waals surface area contributed by atoms with Crippen molar-refractivity contribution in [2.24, 2.45) is 0 Å². The van der Waals surface area contributed by atoms with Gasteiger partial charge in [0.05, 0.1) is 20.3 Å². The molecule has 0 spiro atoms. The molecule has 21 heavy (non-hydrogen) atoms. The van der Waals surface area contributed by atoms with E-state index in [9.17, 15) is 4.79 Å². The smallest absolute Gasteiger partial charge is 0.324 e. The van der Waals surface area contributed by atoms with Crippen molar-refractivity contribution in [3.63, 3.8) is 0 Å². The van der Waals surface area contributed by atoms with E-state index in [-0.39, 0.29) is 12.0 Å². The van der Waals surface area contributed by atoms with Gasteiger partial charge in [-0.15, -0.1) is 0 Å². The van der Waals surface area contributed by atoms with E-state index in [1.165, 1.54) is 7.11 Å². The highest BCUT2D eigenvalue weighted by molar-refractivity contribution is 5.76. The molecule has 1 saturated carbocycles. The fourth-order valence-electron chi connectivity index (χ4n) is 2.10. The van der Waals surface area contributed by atoms with Crippen LogP contribution in [0.3, 0.4) is 0 Å². The summed E-state index contributed by atoms with van der Waals surface area (Å²) in [5.41, 5.74) is 0. The summed E-state index contributed by atoms with van der Waals surface area (Å²) in [6, 6.07) is 0.195. The van der Waals surface area contributed by atoms with Crippen LogP contribution in [0.2, 0.25) is 0 Å². The molecule has 0 saturated heterocycles. The second-order valence-electron chi connectivity index (χ2n) is 5.21. The van der Waals surface area contributed by atoms with Crippen LogP contribution in [0, 0.1) is 0 Å². The Bertz CT molecular complexity index is 275. The molecule has 1 rings (SSSR count). The number of methoxy groups -OCH3 is 1. The average molecular weight is 302 g/mol. The Morgan fingerprint density at radius 1 is 1.19 bits per heavy atom. The molecule has 124 valence electrons. The quantitative estimate of drug-likeness (QED) is 0.398. The number of carbonyl (C=O) groups excluding carboxylic acids is 1. The number of nitrogens with zero attached hydrogens (tertiary/aromatic N) is 1. The Kier molecular flexibility index (Phi) is 9.58. The zero-order valence-electron chi connectivity index (χ0n) is 13.6. The van der Waals surface area contributed by atoms with Gasteiger partial charge in [-0.25, -0.2) is 0 Å². The summed E-state index contributed by atoms with van der Waals surface area (Å²) in [5, 5.41) is 3.36. The number of hydrogen-bond acceptors (Lipinski definition) is 6. The minimum Gasteiger partial charge on any atom is -0.468 e. The highest BCUT2D eigenvalue weighted by atomic mass is 16.5. The molecule has 6 heteroatoms. The third kappa shape index (κ3) is 8.36. The summed E-state index contributed by atoms with van der Waals surface area (Å²) in [4.78, 5) is 14.1. The fourth-order valence-corrected chi connectivity index (χ4v) is 2.10. The molecule has 0 heterocycles. The van der Waals surface area contributed by atoms with Crippen molar-refractivity contribution in [3.8, 4) is 0 Å². The van der Waals surface area contributed by atoms with E-state index >= 15 is 0 Å². The Morgan fingerprint density at radius 2 is 1.76 bits per heavy atom. The van der Waals surface area contributed by atoms with Crippen molar-refractivity contribution in [1.82, 2.24) is 10.2 Å². The first kappa shape index (κ1) is 18.4. The minimum absolute atomic E-state index is 0.195. The van der Waals surface area contributed by atoms with Gasteiger partial charge >= 0.3 is 5.97 Å². The Labute approximate surface area is 128 Å². The average Bonchev–Trinajstić information content (AvgIpc) is 3.30. The van der Waals surface area contributed by atoms with Gasteiger partial charge in [-0.05, 0) is 26.7 Å². The van der Waals surface area contributed by atoms with Gasteiger partial charge in [0.15, 0.2) is 0 Å². The van der Waals surface area contributed by atoms with Gasteiger partial charge < -0.3 is 19.5 Å². The predicted molar refractivity (Wildman–Crippen MR) is 81.4 cm³/mol. The maximum absolute atomic E-state index is 11.9. The highest BCUT2D eigenvalue weighted by Crippen LogP contribution is 2.19. The lowest BCUT2D eigenvalue weighted by Gasteiger charge is -2.26. The Hall–Kier alpha value is -0.690. The lowest BCUT2D eigenvalue weighted by Crippen LogP contribution is -2.49. The second-order valence-corrected chi connectivity index (χ2v) is 5.21. The molecular weight excluding hydrogens is 272 g/mol. The molecule has 1 fully saturated rings. The SMILES string of the molecule is CCOCCN(CCOCC)CC(NC1CC1)C(=O)OC. The number of rotatable bonds is 13. The molecule has 0 aromatic rings. The first-order chi connectivity index (χ1) is 10.2. The fraction of sp³-hybridized carbons (Fsp3) is 0.933. The molecule has 0 aromatic heterocycles. The first-order valence-corrected chi connectivity index (χ1v) is 7.92. The van der Waals surface area contributed by atoms with E-state index in [1.807, 2.05) is 13.8 Å². The van der Waals surface area contributed by atoms with E-state index in [2.05, 4.69) is 10.2 Å². The monoisotopic (exact) mass is 302 g/mol. The molecule has 0 aromatic carbocycles. The van der Waals surface area contributed by atoms with E-state index in [1.54, 1.807) is 0 Å². The summed E-state index contributed by atoms with van der Waals surface area (Å²) in [5.74, 6) is -0.195. The zero-order valence-corrected chi connectivity index (χ0v) is 13.6. The van der Waals surface area contributed by atoms with Crippen molar-refractivity contribution in [2.75, 3.05) is 53.2 Å². The molecule has 1 atom stereocenters. The molecular formula is C15H30N2O4. The number of carbonyl (C=O) groups is 1. The van der Waals surface area contributed by atoms with Crippen LogP contribution in [-0.2, 0) is 19.0 Å². The van der Waals surface area contributed by atoms with Crippen LogP contribution in [0.4, 0.5) is 0 Å². The second kappa shape index (κ2) is 11.0. The Balaban J connectivity index is 2.44. The summed E-state index contributed by atoms with van der Waals surface area (Å²) >= 11 is 0. The third-order valence-electron chi connectivity index (χ3n) is 3.45. The van der Waals surface area contributed by atoms with Crippen LogP contribution in [0.5, 0.6) is 0 Å². The van der Waals surface area contributed by atoms with Crippen molar-refractivity contribution in [2.45, 2.75) is 38.8 Å². The normalized spacial score (nSPS) is 16.2. The van der Waals surface area contributed by atoms with Crippen LogP contribution in [0.25, 0.3) is 0 Å². The highest BCUT2D eigenvalue weighted by Gasteiger charge is 2.30. The summed E-state index contributed by atoms with van der Waals surface area (Å²) in [6.45, 7) is 8.93. The van der Waals surface area contributed by atoms with Crippen LogP contribution in [0.15, 0.2) is 0 Å². The molecule has 1 N–H and O–H groups in total. The van der Waals surface area contributed by atoms with Gasteiger partial charge in [0.25, 0.3) is 0 Å². The molecule has 0 radical (unpaired) electrons. The van der Waals surface area contributed by atoms with Gasteiger partial charge in [-0.3, -0.25) is 9.69 Å². The van der Waals surface area contributed by atoms with Crippen molar-refractivity contribution >= 4 is 5.97 Å². The lowest BCUT2D eigenvalue weighted by atomic mass is 10.2. The topological polar surface area (TPSA) is 60.0 Å². The largest absolute Gasteiger partial charge is 0.468 e. The summed E-state index contributed by atoms with van der Waals surface area (Å²) < 4.78 is 15.7. The van der Waals surface area contributed by atoms with E-state index < -0.39 is 0 Å².